The van der Waals surface area contributed by atoms with Gasteiger partial charge in [-0.1, -0.05) is 27.0 Å². The van der Waals surface area contributed by atoms with E-state index in [0.29, 0.717) is 18.4 Å². The quantitative estimate of drug-likeness (QED) is 0.465. The van der Waals surface area contributed by atoms with Gasteiger partial charge in [0.25, 0.3) is 0 Å². The first-order chi connectivity index (χ1) is 7.52. The Morgan fingerprint density at radius 1 is 1.44 bits per heavy atom. The van der Waals surface area contributed by atoms with Crippen LogP contribution in [-0.2, 0) is 9.59 Å². The molecule has 0 aliphatic carbocycles. The Morgan fingerprint density at radius 3 is 2.56 bits per heavy atom. The van der Waals surface area contributed by atoms with E-state index >= 15 is 0 Å². The highest BCUT2D eigenvalue weighted by Crippen LogP contribution is 2.14. The molecular formula is C14H20O2. The van der Waals surface area contributed by atoms with E-state index in [-0.39, 0.29) is 17.5 Å². The third-order valence-electron chi connectivity index (χ3n) is 2.56. The maximum atomic E-state index is 11.4. The fraction of sp³-hybridized carbons (Fsp3) is 0.500. The zero-order valence-electron chi connectivity index (χ0n) is 10.2. The van der Waals surface area contributed by atoms with Crippen molar-refractivity contribution in [1.82, 2.24) is 0 Å². The Hall–Kier alpha value is -1.40. The van der Waals surface area contributed by atoms with Crippen LogP contribution >= 0.6 is 0 Å². The summed E-state index contributed by atoms with van der Waals surface area (Å²) in [6, 6.07) is 0. The van der Waals surface area contributed by atoms with Crippen LogP contribution < -0.4 is 0 Å². The minimum atomic E-state index is -0.0289. The number of hydrogen-bond donors (Lipinski definition) is 0. The zero-order chi connectivity index (χ0) is 12.6. The van der Waals surface area contributed by atoms with Crippen molar-refractivity contribution in [2.45, 2.75) is 39.5 Å². The van der Waals surface area contributed by atoms with E-state index in [2.05, 4.69) is 18.9 Å². The standard InChI is InChI=1S/C14H20O2/c1-5-8-14(16)12(4)10-7-9-11(3)13(15)6-2/h8,12H,1,3,6-7,9-10H2,2,4H3. The van der Waals surface area contributed by atoms with Crippen molar-refractivity contribution in [1.29, 1.82) is 0 Å². The lowest BCUT2D eigenvalue weighted by Gasteiger charge is -2.07. The summed E-state index contributed by atoms with van der Waals surface area (Å²) >= 11 is 0. The fourth-order valence-corrected chi connectivity index (χ4v) is 1.40. The Labute approximate surface area is 97.7 Å². The molecule has 1 atom stereocenters. The summed E-state index contributed by atoms with van der Waals surface area (Å²) in [5, 5.41) is 0. The van der Waals surface area contributed by atoms with Crippen LogP contribution in [-0.4, -0.2) is 11.6 Å². The van der Waals surface area contributed by atoms with Gasteiger partial charge in [0.05, 0.1) is 0 Å². The Kier molecular flexibility index (Phi) is 7.15. The van der Waals surface area contributed by atoms with Crippen molar-refractivity contribution in [3.8, 4) is 0 Å². The van der Waals surface area contributed by atoms with E-state index in [0.717, 1.165) is 12.8 Å². The molecule has 0 aromatic rings. The lowest BCUT2D eigenvalue weighted by molar-refractivity contribution is -0.117. The molecule has 0 N–H and O–H groups in total. The molecule has 0 amide bonds. The topological polar surface area (TPSA) is 34.1 Å². The van der Waals surface area contributed by atoms with E-state index in [9.17, 15) is 9.59 Å². The average molecular weight is 220 g/mol. The lowest BCUT2D eigenvalue weighted by atomic mass is 9.96. The summed E-state index contributed by atoms with van der Waals surface area (Å²) < 4.78 is 0. The molecule has 0 aliphatic heterocycles. The molecule has 0 saturated heterocycles. The van der Waals surface area contributed by atoms with Crippen molar-refractivity contribution < 1.29 is 9.59 Å². The van der Waals surface area contributed by atoms with Gasteiger partial charge >= 0.3 is 0 Å². The van der Waals surface area contributed by atoms with Crippen molar-refractivity contribution in [3.63, 3.8) is 0 Å². The summed E-state index contributed by atoms with van der Waals surface area (Å²) in [4.78, 5) is 22.6. The third kappa shape index (κ3) is 5.47. The molecule has 0 rings (SSSR count). The smallest absolute Gasteiger partial charge is 0.166 e. The second-order valence-electron chi connectivity index (χ2n) is 3.92. The van der Waals surface area contributed by atoms with Crippen molar-refractivity contribution >= 4 is 11.6 Å². The highest BCUT2D eigenvalue weighted by molar-refractivity contribution is 5.94. The largest absolute Gasteiger partial charge is 0.295 e. The van der Waals surface area contributed by atoms with Gasteiger partial charge in [-0.3, -0.25) is 9.59 Å². The molecule has 0 heterocycles. The predicted octanol–water partition coefficient (Wildman–Crippen LogP) is 3.24. The van der Waals surface area contributed by atoms with Crippen molar-refractivity contribution in [2.75, 3.05) is 0 Å². The number of ketones is 2. The fourth-order valence-electron chi connectivity index (χ4n) is 1.40. The second kappa shape index (κ2) is 7.84. The summed E-state index contributed by atoms with van der Waals surface area (Å²) in [5.41, 5.74) is 3.15. The molecule has 0 spiro atoms. The number of carbonyl (C=O) groups is 2. The molecule has 0 saturated carbocycles. The maximum Gasteiger partial charge on any atom is 0.166 e. The van der Waals surface area contributed by atoms with E-state index in [4.69, 9.17) is 0 Å². The van der Waals surface area contributed by atoms with Gasteiger partial charge in [-0.25, -0.2) is 0 Å². The molecule has 0 aliphatic rings. The Morgan fingerprint density at radius 2 is 2.06 bits per heavy atom. The van der Waals surface area contributed by atoms with Gasteiger partial charge < -0.3 is 0 Å². The summed E-state index contributed by atoms with van der Waals surface area (Å²) in [6.07, 6.45) is 4.15. The summed E-state index contributed by atoms with van der Waals surface area (Å²) in [5.74, 6) is 0.131. The lowest BCUT2D eigenvalue weighted by Crippen LogP contribution is -2.08. The first-order valence-corrected chi connectivity index (χ1v) is 5.63. The molecular weight excluding hydrogens is 200 g/mol. The number of allylic oxidation sites excluding steroid dienone is 2. The number of carbonyl (C=O) groups excluding carboxylic acids is 2. The van der Waals surface area contributed by atoms with Gasteiger partial charge in [-0.15, -0.1) is 5.73 Å². The minimum Gasteiger partial charge on any atom is -0.295 e. The Balaban J connectivity index is 3.90. The van der Waals surface area contributed by atoms with E-state index < -0.39 is 0 Å². The number of rotatable bonds is 8. The Bertz CT molecular complexity index is 320. The van der Waals surface area contributed by atoms with Crippen LogP contribution in [0.15, 0.2) is 30.5 Å². The van der Waals surface area contributed by atoms with Crippen LogP contribution in [0.3, 0.4) is 0 Å². The predicted molar refractivity (Wildman–Crippen MR) is 66.2 cm³/mol. The highest BCUT2D eigenvalue weighted by atomic mass is 16.1. The maximum absolute atomic E-state index is 11.4. The third-order valence-corrected chi connectivity index (χ3v) is 2.56. The molecule has 16 heavy (non-hydrogen) atoms. The van der Waals surface area contributed by atoms with Gasteiger partial charge in [0.15, 0.2) is 11.6 Å². The van der Waals surface area contributed by atoms with Crippen LogP contribution in [0.5, 0.6) is 0 Å². The number of hydrogen-bond acceptors (Lipinski definition) is 2. The van der Waals surface area contributed by atoms with Gasteiger partial charge in [0.1, 0.15) is 0 Å². The van der Waals surface area contributed by atoms with Crippen LogP contribution in [0.1, 0.15) is 39.5 Å². The van der Waals surface area contributed by atoms with Gasteiger partial charge in [0, 0.05) is 18.4 Å². The van der Waals surface area contributed by atoms with Crippen molar-refractivity contribution in [3.05, 3.63) is 30.5 Å². The molecule has 2 nitrogen and oxygen atoms in total. The van der Waals surface area contributed by atoms with Crippen molar-refractivity contribution in [2.24, 2.45) is 5.92 Å². The average Bonchev–Trinajstić information content (AvgIpc) is 2.27. The normalized spacial score (nSPS) is 11.4. The molecule has 0 aromatic heterocycles. The highest BCUT2D eigenvalue weighted by Gasteiger charge is 2.10. The molecule has 0 aromatic carbocycles. The summed E-state index contributed by atoms with van der Waals surface area (Å²) in [7, 11) is 0. The number of Topliss-reactive ketones (excluding diaryl/α,β-unsaturated/α-hetero) is 1. The first kappa shape index (κ1) is 14.6. The first-order valence-electron chi connectivity index (χ1n) is 5.63. The molecule has 0 fully saturated rings. The monoisotopic (exact) mass is 220 g/mol. The van der Waals surface area contributed by atoms with Gasteiger partial charge in [0.2, 0.25) is 0 Å². The van der Waals surface area contributed by atoms with Crippen LogP contribution in [0.4, 0.5) is 0 Å². The zero-order valence-corrected chi connectivity index (χ0v) is 10.2. The molecule has 2 heteroatoms. The van der Waals surface area contributed by atoms with Gasteiger partial charge in [-0.05, 0) is 24.8 Å². The second-order valence-corrected chi connectivity index (χ2v) is 3.92. The van der Waals surface area contributed by atoms with Crippen LogP contribution in [0.2, 0.25) is 0 Å². The van der Waals surface area contributed by atoms with Crippen LogP contribution in [0.25, 0.3) is 0 Å². The molecule has 88 valence electrons. The summed E-state index contributed by atoms with van der Waals surface area (Å²) in [6.45, 7) is 10.8. The van der Waals surface area contributed by atoms with E-state index in [1.54, 1.807) is 0 Å². The molecule has 0 bridgehead atoms. The van der Waals surface area contributed by atoms with E-state index in [1.165, 1.54) is 6.08 Å². The van der Waals surface area contributed by atoms with E-state index in [1.807, 2.05) is 13.8 Å². The van der Waals surface area contributed by atoms with Crippen LogP contribution in [0, 0.1) is 5.92 Å². The SMILES string of the molecule is C=C=CC(=O)C(C)CCCC(=C)C(=O)CC. The van der Waals surface area contributed by atoms with Gasteiger partial charge in [-0.2, -0.15) is 0 Å². The molecule has 1 unspecified atom stereocenters. The molecule has 0 radical (unpaired) electrons. The minimum absolute atomic E-state index is 0.0289.